The normalized spacial score (nSPS) is 21.5. The summed E-state index contributed by atoms with van der Waals surface area (Å²) in [4.78, 5) is 0.227. The van der Waals surface area contributed by atoms with Crippen LogP contribution >= 0.6 is 11.8 Å². The zero-order chi connectivity index (χ0) is 12.3. The summed E-state index contributed by atoms with van der Waals surface area (Å²) in [6.07, 6.45) is 0. The van der Waals surface area contributed by atoms with Crippen LogP contribution in [-0.2, 0) is 0 Å². The van der Waals surface area contributed by atoms with E-state index < -0.39 is 5.51 Å². The maximum Gasteiger partial charge on any atom is 0.446 e. The van der Waals surface area contributed by atoms with Crippen molar-refractivity contribution in [3.05, 3.63) is 29.8 Å². The van der Waals surface area contributed by atoms with E-state index in [0.29, 0.717) is 0 Å². The largest absolute Gasteiger partial charge is 0.446 e. The first kappa shape index (κ1) is 12.7. The molecule has 1 heterocycles. The van der Waals surface area contributed by atoms with Crippen molar-refractivity contribution < 1.29 is 13.2 Å². The van der Waals surface area contributed by atoms with Gasteiger partial charge in [0.05, 0.1) is 0 Å². The first-order valence-electron chi connectivity index (χ1n) is 5.34. The smallest absolute Gasteiger partial charge is 0.314 e. The van der Waals surface area contributed by atoms with Crippen LogP contribution in [0.15, 0.2) is 29.2 Å². The quantitative estimate of drug-likeness (QED) is 0.801. The number of rotatable bonds is 2. The molecule has 0 amide bonds. The van der Waals surface area contributed by atoms with Gasteiger partial charge in [0.1, 0.15) is 0 Å². The molecule has 0 saturated carbocycles. The second-order valence-corrected chi connectivity index (χ2v) is 4.97. The molecule has 1 aromatic carbocycles. The highest BCUT2D eigenvalue weighted by Gasteiger charge is 2.29. The molecular formula is C11H13F3N2S. The van der Waals surface area contributed by atoms with Crippen molar-refractivity contribution in [1.82, 2.24) is 10.6 Å². The standard InChI is InChI=1S/C11H13F3N2S/c12-11(13,14)17-9-3-1-8(2-4-9)10-7-15-5-6-16-10/h1-4,10,15-16H,5-7H2/t10-/m0/s1. The van der Waals surface area contributed by atoms with E-state index in [0.717, 1.165) is 25.2 Å². The van der Waals surface area contributed by atoms with Crippen LogP contribution < -0.4 is 10.6 Å². The van der Waals surface area contributed by atoms with E-state index in [1.165, 1.54) is 12.1 Å². The lowest BCUT2D eigenvalue weighted by Crippen LogP contribution is -2.42. The molecule has 2 nitrogen and oxygen atoms in total. The average Bonchev–Trinajstić information content (AvgIpc) is 2.29. The summed E-state index contributed by atoms with van der Waals surface area (Å²) in [5, 5.41) is 6.55. The Morgan fingerprint density at radius 1 is 1.12 bits per heavy atom. The number of piperazine rings is 1. The number of thioether (sulfide) groups is 1. The minimum Gasteiger partial charge on any atom is -0.314 e. The molecule has 1 aromatic rings. The van der Waals surface area contributed by atoms with Gasteiger partial charge in [0.25, 0.3) is 0 Å². The van der Waals surface area contributed by atoms with Gasteiger partial charge in [-0.25, -0.2) is 0 Å². The van der Waals surface area contributed by atoms with Crippen LogP contribution in [0, 0.1) is 0 Å². The fourth-order valence-corrected chi connectivity index (χ4v) is 2.33. The minimum absolute atomic E-state index is 0.0799. The lowest BCUT2D eigenvalue weighted by atomic mass is 10.1. The number of alkyl halides is 3. The molecule has 1 aliphatic heterocycles. The van der Waals surface area contributed by atoms with E-state index in [1.54, 1.807) is 12.1 Å². The summed E-state index contributed by atoms with van der Waals surface area (Å²) >= 11 is -0.0799. The molecule has 17 heavy (non-hydrogen) atoms. The first-order chi connectivity index (χ1) is 8.04. The topological polar surface area (TPSA) is 24.1 Å². The number of nitrogens with one attached hydrogen (secondary N) is 2. The zero-order valence-corrected chi connectivity index (χ0v) is 9.87. The van der Waals surface area contributed by atoms with E-state index in [9.17, 15) is 13.2 Å². The monoisotopic (exact) mass is 262 g/mol. The highest BCUT2D eigenvalue weighted by Crippen LogP contribution is 2.36. The van der Waals surface area contributed by atoms with Gasteiger partial charge in [-0.1, -0.05) is 12.1 Å². The Kier molecular flexibility index (Phi) is 3.96. The van der Waals surface area contributed by atoms with Crippen molar-refractivity contribution in [2.24, 2.45) is 0 Å². The summed E-state index contributed by atoms with van der Waals surface area (Å²) < 4.78 is 36.4. The molecule has 0 aliphatic carbocycles. The second kappa shape index (κ2) is 5.29. The molecule has 0 bridgehead atoms. The van der Waals surface area contributed by atoms with E-state index in [1.807, 2.05) is 0 Å². The second-order valence-electron chi connectivity index (χ2n) is 3.83. The summed E-state index contributed by atoms with van der Waals surface area (Å²) in [6, 6.07) is 6.72. The van der Waals surface area contributed by atoms with Gasteiger partial charge in [-0.05, 0) is 29.5 Å². The van der Waals surface area contributed by atoms with E-state index in [-0.39, 0.29) is 22.7 Å². The SMILES string of the molecule is FC(F)(F)Sc1ccc([C@@H]2CNCCN2)cc1. The molecule has 0 spiro atoms. The zero-order valence-electron chi connectivity index (χ0n) is 9.05. The first-order valence-corrected chi connectivity index (χ1v) is 6.16. The third kappa shape index (κ3) is 3.90. The predicted octanol–water partition coefficient (Wildman–Crippen LogP) is 2.53. The lowest BCUT2D eigenvalue weighted by molar-refractivity contribution is -0.0328. The van der Waals surface area contributed by atoms with Crippen molar-refractivity contribution in [2.45, 2.75) is 16.4 Å². The molecule has 2 rings (SSSR count). The highest BCUT2D eigenvalue weighted by molar-refractivity contribution is 8.00. The Labute approximate surface area is 102 Å². The van der Waals surface area contributed by atoms with Gasteiger partial charge in [0.15, 0.2) is 0 Å². The molecule has 1 saturated heterocycles. The third-order valence-corrected chi connectivity index (χ3v) is 3.30. The van der Waals surface area contributed by atoms with Crippen molar-refractivity contribution in [3.63, 3.8) is 0 Å². The Bertz CT molecular complexity index is 358. The van der Waals surface area contributed by atoms with Crippen LogP contribution in [0.1, 0.15) is 11.6 Å². The average molecular weight is 262 g/mol. The number of hydrogen-bond donors (Lipinski definition) is 2. The lowest BCUT2D eigenvalue weighted by Gasteiger charge is -2.25. The number of benzene rings is 1. The van der Waals surface area contributed by atoms with Crippen LogP contribution in [0.25, 0.3) is 0 Å². The van der Waals surface area contributed by atoms with Crippen molar-refractivity contribution >= 4 is 11.8 Å². The Hall–Kier alpha value is -0.720. The molecule has 0 unspecified atom stereocenters. The van der Waals surface area contributed by atoms with Crippen LogP contribution in [0.4, 0.5) is 13.2 Å². The van der Waals surface area contributed by atoms with Gasteiger partial charge < -0.3 is 10.6 Å². The van der Waals surface area contributed by atoms with Crippen LogP contribution in [0.3, 0.4) is 0 Å². The number of halogens is 3. The molecular weight excluding hydrogens is 249 g/mol. The molecule has 94 valence electrons. The van der Waals surface area contributed by atoms with E-state index in [4.69, 9.17) is 0 Å². The summed E-state index contributed by atoms with van der Waals surface area (Å²) in [6.45, 7) is 2.62. The molecule has 2 N–H and O–H groups in total. The molecule has 0 aromatic heterocycles. The van der Waals surface area contributed by atoms with Crippen molar-refractivity contribution in [2.75, 3.05) is 19.6 Å². The Morgan fingerprint density at radius 3 is 2.35 bits per heavy atom. The summed E-state index contributed by atoms with van der Waals surface area (Å²) in [5.74, 6) is 0. The third-order valence-electron chi connectivity index (χ3n) is 2.56. The maximum atomic E-state index is 12.1. The fourth-order valence-electron chi connectivity index (χ4n) is 1.79. The Morgan fingerprint density at radius 2 is 1.82 bits per heavy atom. The molecule has 6 heteroatoms. The van der Waals surface area contributed by atoms with Crippen LogP contribution in [-0.4, -0.2) is 25.1 Å². The molecule has 1 atom stereocenters. The van der Waals surface area contributed by atoms with Gasteiger partial charge in [-0.2, -0.15) is 13.2 Å². The van der Waals surface area contributed by atoms with Gasteiger partial charge in [-0.15, -0.1) is 0 Å². The number of hydrogen-bond acceptors (Lipinski definition) is 3. The van der Waals surface area contributed by atoms with E-state index in [2.05, 4.69) is 10.6 Å². The summed E-state index contributed by atoms with van der Waals surface area (Å²) in [5.41, 5.74) is -3.20. The Balaban J connectivity index is 2.02. The minimum atomic E-state index is -4.22. The van der Waals surface area contributed by atoms with Crippen molar-refractivity contribution in [3.8, 4) is 0 Å². The van der Waals surface area contributed by atoms with Gasteiger partial charge in [0.2, 0.25) is 0 Å². The van der Waals surface area contributed by atoms with Gasteiger partial charge in [-0.3, -0.25) is 0 Å². The van der Waals surface area contributed by atoms with Gasteiger partial charge in [0, 0.05) is 30.6 Å². The van der Waals surface area contributed by atoms with Gasteiger partial charge >= 0.3 is 5.51 Å². The molecule has 1 aliphatic rings. The highest BCUT2D eigenvalue weighted by atomic mass is 32.2. The maximum absolute atomic E-state index is 12.1. The predicted molar refractivity (Wildman–Crippen MR) is 62.0 cm³/mol. The fraction of sp³-hybridized carbons (Fsp3) is 0.455. The van der Waals surface area contributed by atoms with Crippen LogP contribution in [0.5, 0.6) is 0 Å². The van der Waals surface area contributed by atoms with E-state index >= 15 is 0 Å². The summed E-state index contributed by atoms with van der Waals surface area (Å²) in [7, 11) is 0. The molecule has 0 radical (unpaired) electrons. The van der Waals surface area contributed by atoms with Crippen LogP contribution in [0.2, 0.25) is 0 Å². The van der Waals surface area contributed by atoms with Crippen molar-refractivity contribution in [1.29, 1.82) is 0 Å². The molecule has 1 fully saturated rings.